The molecule has 2 amide bonds. The summed E-state index contributed by atoms with van der Waals surface area (Å²) < 4.78 is 6.76. The zero-order valence-corrected chi connectivity index (χ0v) is 21.9. The van der Waals surface area contributed by atoms with Crippen LogP contribution < -0.4 is 10.1 Å². The molecule has 0 saturated heterocycles. The van der Waals surface area contributed by atoms with E-state index in [2.05, 4.69) is 20.6 Å². The van der Waals surface area contributed by atoms with Crippen molar-refractivity contribution in [2.75, 3.05) is 7.11 Å². The first-order valence-electron chi connectivity index (χ1n) is 13.2. The fraction of sp³-hybridized carbons (Fsp3) is 0.345. The Labute approximate surface area is 226 Å². The van der Waals surface area contributed by atoms with Crippen molar-refractivity contribution in [1.29, 1.82) is 0 Å². The molecule has 2 N–H and O–H groups in total. The highest BCUT2D eigenvalue weighted by Crippen LogP contribution is 2.33. The van der Waals surface area contributed by atoms with Gasteiger partial charge in [-0.1, -0.05) is 48.7 Å². The predicted octanol–water partition coefficient (Wildman–Crippen LogP) is 3.76. The largest absolute Gasteiger partial charge is 0.504 e. The van der Waals surface area contributed by atoms with Crippen LogP contribution in [0.3, 0.4) is 0 Å². The average Bonchev–Trinajstić information content (AvgIpc) is 3.36. The van der Waals surface area contributed by atoms with Gasteiger partial charge in [-0.05, 0) is 54.3 Å². The molecule has 2 aromatic carbocycles. The van der Waals surface area contributed by atoms with Gasteiger partial charge in [-0.15, -0.1) is 5.10 Å². The van der Waals surface area contributed by atoms with Crippen LogP contribution in [0, 0.1) is 0 Å². The predicted molar refractivity (Wildman–Crippen MR) is 145 cm³/mol. The number of nitrogens with one attached hydrogen (secondary N) is 1. The maximum absolute atomic E-state index is 14.0. The maximum Gasteiger partial charge on any atom is 0.247 e. The number of methoxy groups -OCH3 is 1. The molecule has 0 spiro atoms. The van der Waals surface area contributed by atoms with Crippen LogP contribution in [-0.2, 0) is 22.7 Å². The smallest absolute Gasteiger partial charge is 0.247 e. The molecule has 0 bridgehead atoms. The topological polar surface area (TPSA) is 122 Å². The first-order valence-corrected chi connectivity index (χ1v) is 13.2. The molecule has 0 aliphatic heterocycles. The number of aromatic hydroxyl groups is 1. The number of pyridine rings is 1. The first kappa shape index (κ1) is 26.1. The summed E-state index contributed by atoms with van der Waals surface area (Å²) >= 11 is 0. The van der Waals surface area contributed by atoms with Crippen molar-refractivity contribution < 1.29 is 19.4 Å². The summed E-state index contributed by atoms with van der Waals surface area (Å²) in [5.41, 5.74) is 2.64. The van der Waals surface area contributed by atoms with Gasteiger partial charge in [0.25, 0.3) is 0 Å². The van der Waals surface area contributed by atoms with Crippen LogP contribution in [0.4, 0.5) is 0 Å². The zero-order chi connectivity index (χ0) is 27.2. The van der Waals surface area contributed by atoms with E-state index in [1.165, 1.54) is 22.8 Å². The minimum absolute atomic E-state index is 0.0372. The number of phenolic OH excluding ortho intramolecular Hbond substituents is 1. The van der Waals surface area contributed by atoms with Crippen LogP contribution in [0.15, 0.2) is 67.0 Å². The summed E-state index contributed by atoms with van der Waals surface area (Å²) in [5.74, 6) is -0.452. The Hall–Kier alpha value is -4.47. The Morgan fingerprint density at radius 2 is 1.95 bits per heavy atom. The van der Waals surface area contributed by atoms with Gasteiger partial charge in [0.2, 0.25) is 11.8 Å². The third kappa shape index (κ3) is 6.00. The van der Waals surface area contributed by atoms with Crippen molar-refractivity contribution in [2.24, 2.45) is 0 Å². The van der Waals surface area contributed by atoms with Gasteiger partial charge in [0.1, 0.15) is 18.1 Å². The van der Waals surface area contributed by atoms with Gasteiger partial charge in [-0.25, -0.2) is 4.68 Å². The molecule has 10 nitrogen and oxygen atoms in total. The van der Waals surface area contributed by atoms with Crippen molar-refractivity contribution in [1.82, 2.24) is 30.2 Å². The lowest BCUT2D eigenvalue weighted by molar-refractivity contribution is -0.142. The number of carbonyl (C=O) groups excluding carboxylic acids is 2. The van der Waals surface area contributed by atoms with Crippen molar-refractivity contribution in [3.8, 4) is 11.5 Å². The van der Waals surface area contributed by atoms with Crippen molar-refractivity contribution in [3.05, 3.63) is 78.1 Å². The van der Waals surface area contributed by atoms with Crippen LogP contribution in [0.1, 0.15) is 49.3 Å². The molecule has 5 rings (SSSR count). The van der Waals surface area contributed by atoms with Gasteiger partial charge < -0.3 is 20.1 Å². The van der Waals surface area contributed by atoms with Crippen LogP contribution in [-0.4, -0.2) is 55.0 Å². The van der Waals surface area contributed by atoms with Crippen LogP contribution >= 0.6 is 0 Å². The summed E-state index contributed by atoms with van der Waals surface area (Å²) in [6, 6.07) is 14.9. The third-order valence-corrected chi connectivity index (χ3v) is 7.13. The lowest BCUT2D eigenvalue weighted by Gasteiger charge is -2.33. The molecule has 1 atom stereocenters. The molecule has 2 aromatic heterocycles. The molecule has 1 saturated carbocycles. The molecule has 10 heteroatoms. The highest BCUT2D eigenvalue weighted by Gasteiger charge is 2.34. The monoisotopic (exact) mass is 528 g/mol. The summed E-state index contributed by atoms with van der Waals surface area (Å²) in [5, 5.41) is 22.1. The van der Waals surface area contributed by atoms with Crippen LogP contribution in [0.25, 0.3) is 11.0 Å². The van der Waals surface area contributed by atoms with Gasteiger partial charge in [0.05, 0.1) is 12.6 Å². The van der Waals surface area contributed by atoms with Gasteiger partial charge >= 0.3 is 0 Å². The van der Waals surface area contributed by atoms with E-state index in [0.717, 1.165) is 43.2 Å². The van der Waals surface area contributed by atoms with E-state index < -0.39 is 6.04 Å². The highest BCUT2D eigenvalue weighted by atomic mass is 16.5. The number of benzene rings is 2. The van der Waals surface area contributed by atoms with Gasteiger partial charge in [-0.2, -0.15) is 0 Å². The Balaban J connectivity index is 1.53. The van der Waals surface area contributed by atoms with E-state index >= 15 is 0 Å². The fourth-order valence-electron chi connectivity index (χ4n) is 5.14. The van der Waals surface area contributed by atoms with Gasteiger partial charge in [0, 0.05) is 25.0 Å². The van der Waals surface area contributed by atoms with Crippen LogP contribution in [0.5, 0.6) is 11.5 Å². The van der Waals surface area contributed by atoms with Crippen molar-refractivity contribution >= 4 is 22.8 Å². The second kappa shape index (κ2) is 11.9. The molecule has 4 aromatic rings. The van der Waals surface area contributed by atoms with E-state index in [9.17, 15) is 14.7 Å². The zero-order valence-electron chi connectivity index (χ0n) is 21.9. The first-order chi connectivity index (χ1) is 19.0. The van der Waals surface area contributed by atoms with Crippen molar-refractivity contribution in [3.63, 3.8) is 0 Å². The number of ether oxygens (including phenoxy) is 1. The lowest BCUT2D eigenvalue weighted by atomic mass is 9.94. The second-order valence-electron chi connectivity index (χ2n) is 9.80. The van der Waals surface area contributed by atoms with E-state index in [4.69, 9.17) is 4.74 Å². The molecule has 1 aliphatic rings. The van der Waals surface area contributed by atoms with Gasteiger partial charge in [0.15, 0.2) is 11.5 Å². The third-order valence-electron chi connectivity index (χ3n) is 7.13. The van der Waals surface area contributed by atoms with E-state index in [1.807, 2.05) is 30.3 Å². The van der Waals surface area contributed by atoms with E-state index in [-0.39, 0.29) is 42.4 Å². The molecule has 202 valence electrons. The number of aromatic nitrogens is 4. The standard InChI is InChI=1S/C29H32N6O4/c1-39-26-14-13-21(16-25(26)36)28(29(38)31-22-9-3-2-4-10-22)34(18-20-8-7-15-30-17-20)27(37)19-35-24-12-6-5-11-23(24)32-33-35/h5-8,11-17,22,28,36H,2-4,9-10,18-19H2,1H3,(H,31,38)/t28-/m1/s1. The number of nitrogens with zero attached hydrogens (tertiary/aromatic N) is 5. The Morgan fingerprint density at radius 3 is 2.69 bits per heavy atom. The minimum atomic E-state index is -1.01. The Kier molecular flexibility index (Phi) is 8.00. The summed E-state index contributed by atoms with van der Waals surface area (Å²) in [4.78, 5) is 33.7. The number of para-hydroxylation sites is 1. The maximum atomic E-state index is 14.0. The Bertz CT molecular complexity index is 1430. The molecule has 2 heterocycles. The quantitative estimate of drug-likeness (QED) is 0.339. The summed E-state index contributed by atoms with van der Waals surface area (Å²) in [6.45, 7) is 0.0188. The number of hydrogen-bond donors (Lipinski definition) is 2. The number of hydrogen-bond acceptors (Lipinski definition) is 7. The average molecular weight is 529 g/mol. The fourth-order valence-corrected chi connectivity index (χ4v) is 5.14. The molecule has 0 unspecified atom stereocenters. The molecule has 1 aliphatic carbocycles. The SMILES string of the molecule is COc1ccc([C@H](C(=O)NC2CCCCC2)N(Cc2cccnc2)C(=O)Cn2nnc3ccccc32)cc1O. The van der Waals surface area contributed by atoms with E-state index in [1.54, 1.807) is 30.6 Å². The van der Waals surface area contributed by atoms with Crippen molar-refractivity contribution in [2.45, 2.75) is 57.3 Å². The normalized spacial score (nSPS) is 14.6. The highest BCUT2D eigenvalue weighted by molar-refractivity contribution is 5.89. The number of carbonyl (C=O) groups is 2. The molecule has 39 heavy (non-hydrogen) atoms. The number of amides is 2. The van der Waals surface area contributed by atoms with E-state index in [0.29, 0.717) is 11.1 Å². The number of fused-ring (bicyclic) bond motifs is 1. The number of rotatable bonds is 9. The lowest BCUT2D eigenvalue weighted by Crippen LogP contribution is -2.47. The summed E-state index contributed by atoms with van der Waals surface area (Å²) in [6.07, 6.45) is 8.38. The van der Waals surface area contributed by atoms with Gasteiger partial charge in [-0.3, -0.25) is 14.6 Å². The number of phenols is 1. The molecule has 0 radical (unpaired) electrons. The molecular weight excluding hydrogens is 496 g/mol. The second-order valence-corrected chi connectivity index (χ2v) is 9.80. The summed E-state index contributed by atoms with van der Waals surface area (Å²) in [7, 11) is 1.46. The Morgan fingerprint density at radius 1 is 1.13 bits per heavy atom. The molecule has 1 fully saturated rings. The molecular formula is C29H32N6O4. The van der Waals surface area contributed by atoms with Crippen LogP contribution in [0.2, 0.25) is 0 Å². The minimum Gasteiger partial charge on any atom is -0.504 e.